The van der Waals surface area contributed by atoms with Gasteiger partial charge < -0.3 is 45.0 Å². The predicted molar refractivity (Wildman–Crippen MR) is 171 cm³/mol. The Morgan fingerprint density at radius 2 is 1.89 bits per heavy atom. The lowest BCUT2D eigenvalue weighted by atomic mass is 9.77. The van der Waals surface area contributed by atoms with Crippen molar-refractivity contribution in [2.75, 3.05) is 32.7 Å². The fourth-order valence-electron chi connectivity index (χ4n) is 7.10. The van der Waals surface area contributed by atoms with Crippen molar-refractivity contribution in [3.05, 3.63) is 42.4 Å². The zero-order valence-electron chi connectivity index (χ0n) is 27.1. The van der Waals surface area contributed by atoms with E-state index in [4.69, 9.17) is 28.7 Å². The quantitative estimate of drug-likeness (QED) is 0.220. The number of anilines is 1. The van der Waals surface area contributed by atoms with Gasteiger partial charge in [0.15, 0.2) is 5.79 Å². The molecule has 12 heteroatoms. The van der Waals surface area contributed by atoms with Crippen LogP contribution in [0.1, 0.15) is 64.5 Å². The second-order valence-electron chi connectivity index (χ2n) is 12.6. The van der Waals surface area contributed by atoms with Crippen molar-refractivity contribution in [3.63, 3.8) is 0 Å². The second-order valence-corrected chi connectivity index (χ2v) is 12.6. The van der Waals surface area contributed by atoms with Crippen molar-refractivity contribution in [1.29, 1.82) is 0 Å². The van der Waals surface area contributed by atoms with Crippen LogP contribution in [0.2, 0.25) is 0 Å². The van der Waals surface area contributed by atoms with E-state index in [0.717, 1.165) is 66.1 Å². The summed E-state index contributed by atoms with van der Waals surface area (Å²) in [5.41, 5.74) is 1.88. The number of methoxy groups -OCH3 is 2. The topological polar surface area (TPSA) is 153 Å². The number of ether oxygens (including phenoxy) is 5. The number of hydrogen-bond acceptors (Lipinski definition) is 11. The van der Waals surface area contributed by atoms with Crippen LogP contribution in [0.3, 0.4) is 0 Å². The van der Waals surface area contributed by atoms with E-state index in [1.54, 1.807) is 20.5 Å². The maximum Gasteiger partial charge on any atom is 0.305 e. The smallest absolute Gasteiger partial charge is 0.305 e. The van der Waals surface area contributed by atoms with Crippen molar-refractivity contribution in [1.82, 2.24) is 26.0 Å². The number of benzene rings is 1. The molecular weight excluding hydrogens is 576 g/mol. The van der Waals surface area contributed by atoms with E-state index in [1.807, 2.05) is 39.0 Å². The number of esters is 1. The zero-order chi connectivity index (χ0) is 30.8. The van der Waals surface area contributed by atoms with Crippen LogP contribution in [0.4, 0.5) is 5.82 Å². The van der Waals surface area contributed by atoms with Gasteiger partial charge in [0.1, 0.15) is 35.4 Å². The van der Waals surface area contributed by atoms with Gasteiger partial charge in [0.25, 0.3) is 0 Å². The Bertz CT molecular complexity index is 1460. The van der Waals surface area contributed by atoms with Gasteiger partial charge in [0.2, 0.25) is 0 Å². The van der Waals surface area contributed by atoms with E-state index in [9.17, 15) is 4.79 Å². The van der Waals surface area contributed by atoms with Crippen molar-refractivity contribution >= 4 is 22.8 Å². The van der Waals surface area contributed by atoms with Crippen LogP contribution in [0, 0.1) is 11.8 Å². The van der Waals surface area contributed by atoms with Gasteiger partial charge in [-0.3, -0.25) is 4.79 Å². The molecule has 45 heavy (non-hydrogen) atoms. The predicted octanol–water partition coefficient (Wildman–Crippen LogP) is 5.02. The highest BCUT2D eigenvalue weighted by molar-refractivity contribution is 5.87. The number of nitrogens with one attached hydrogen (secondary N) is 2. The summed E-state index contributed by atoms with van der Waals surface area (Å²) in [5, 5.41) is 8.23. The van der Waals surface area contributed by atoms with Gasteiger partial charge in [-0.1, -0.05) is 0 Å². The molecule has 6 rings (SSSR count). The molecule has 0 amide bonds. The van der Waals surface area contributed by atoms with Crippen LogP contribution < -0.4 is 26.3 Å². The fourth-order valence-corrected chi connectivity index (χ4v) is 7.10. The van der Waals surface area contributed by atoms with E-state index < -0.39 is 5.79 Å². The summed E-state index contributed by atoms with van der Waals surface area (Å²) in [6.07, 6.45) is 8.20. The van der Waals surface area contributed by atoms with Crippen LogP contribution in [-0.4, -0.2) is 71.9 Å². The minimum absolute atomic E-state index is 0. The molecule has 246 valence electrons. The van der Waals surface area contributed by atoms with Crippen LogP contribution in [0.15, 0.2) is 36.8 Å². The lowest BCUT2D eigenvalue weighted by molar-refractivity contribution is -0.160. The SMILES string of the molecule is CCOC(=O)CCC1CC(NC[C@H]2C[C@@H](n3ccc4c(NCc5ccc(OC)cc5OC)ncnc43)[C@@H]3OC(C)(C)O[C@H]23)C1.N. The molecule has 3 aromatic rings. The summed E-state index contributed by atoms with van der Waals surface area (Å²) in [6.45, 7) is 7.71. The Balaban J connectivity index is 0.00000400. The van der Waals surface area contributed by atoms with E-state index >= 15 is 0 Å². The monoisotopic (exact) mass is 624 g/mol. The third kappa shape index (κ3) is 7.04. The second kappa shape index (κ2) is 13.9. The number of carbonyl (C=O) groups is 1. The number of aromatic nitrogens is 3. The average molecular weight is 625 g/mol. The molecule has 4 atom stereocenters. The summed E-state index contributed by atoms with van der Waals surface area (Å²) >= 11 is 0. The first kappa shape index (κ1) is 32.9. The van der Waals surface area contributed by atoms with E-state index in [1.165, 1.54) is 0 Å². The van der Waals surface area contributed by atoms with Crippen LogP contribution in [0.25, 0.3) is 11.0 Å². The van der Waals surface area contributed by atoms with Gasteiger partial charge in [0.05, 0.1) is 38.4 Å². The molecule has 12 nitrogen and oxygen atoms in total. The highest BCUT2D eigenvalue weighted by atomic mass is 16.8. The molecule has 1 saturated heterocycles. The van der Waals surface area contributed by atoms with Crippen molar-refractivity contribution in [3.8, 4) is 11.5 Å². The Kier molecular flexibility index (Phi) is 10.2. The molecule has 0 unspecified atom stereocenters. The lowest BCUT2D eigenvalue weighted by Gasteiger charge is -2.37. The van der Waals surface area contributed by atoms with Crippen LogP contribution in [-0.2, 0) is 25.5 Å². The zero-order valence-corrected chi connectivity index (χ0v) is 27.1. The number of nitrogens with zero attached hydrogens (tertiary/aromatic N) is 3. The minimum Gasteiger partial charge on any atom is -0.497 e. The Labute approximate surface area is 265 Å². The first-order valence-electron chi connectivity index (χ1n) is 15.8. The highest BCUT2D eigenvalue weighted by Gasteiger charge is 2.54. The van der Waals surface area contributed by atoms with E-state index in [-0.39, 0.29) is 30.4 Å². The van der Waals surface area contributed by atoms with Crippen LogP contribution in [0.5, 0.6) is 11.5 Å². The first-order chi connectivity index (χ1) is 21.3. The lowest BCUT2D eigenvalue weighted by Crippen LogP contribution is -2.44. The molecule has 1 aromatic carbocycles. The molecule has 0 spiro atoms. The largest absolute Gasteiger partial charge is 0.497 e. The Hall–Kier alpha value is -3.45. The number of carbonyl (C=O) groups excluding carboxylic acids is 1. The third-order valence-corrected chi connectivity index (χ3v) is 9.33. The molecule has 1 aliphatic heterocycles. The maximum atomic E-state index is 11.7. The summed E-state index contributed by atoms with van der Waals surface area (Å²) < 4.78 is 31.2. The molecule has 2 aromatic heterocycles. The van der Waals surface area contributed by atoms with Gasteiger partial charge >= 0.3 is 5.97 Å². The molecule has 3 heterocycles. The van der Waals surface area contributed by atoms with Gasteiger partial charge in [0, 0.05) is 49.3 Å². The highest BCUT2D eigenvalue weighted by Crippen LogP contribution is 2.48. The van der Waals surface area contributed by atoms with E-state index in [2.05, 4.69) is 32.4 Å². The summed E-state index contributed by atoms with van der Waals surface area (Å²) in [5.74, 6) is 2.45. The number of rotatable bonds is 13. The van der Waals surface area contributed by atoms with Gasteiger partial charge in [-0.2, -0.15) is 0 Å². The van der Waals surface area contributed by atoms with Gasteiger partial charge in [-0.25, -0.2) is 9.97 Å². The third-order valence-electron chi connectivity index (χ3n) is 9.33. The normalized spacial score (nSPS) is 26.5. The first-order valence-corrected chi connectivity index (χ1v) is 15.8. The van der Waals surface area contributed by atoms with Crippen LogP contribution >= 0.6 is 0 Å². The van der Waals surface area contributed by atoms with Gasteiger partial charge in [-0.05, 0) is 70.6 Å². The molecule has 3 fully saturated rings. The number of hydrogen-bond donors (Lipinski definition) is 3. The molecular formula is C33H48N6O6. The Morgan fingerprint density at radius 3 is 2.64 bits per heavy atom. The van der Waals surface area contributed by atoms with Crippen molar-refractivity contribution in [2.45, 2.75) is 89.5 Å². The summed E-state index contributed by atoms with van der Waals surface area (Å²) in [6, 6.07) is 8.45. The van der Waals surface area contributed by atoms with Crippen molar-refractivity contribution < 1.29 is 28.5 Å². The molecule has 2 saturated carbocycles. The molecule has 0 radical (unpaired) electrons. The van der Waals surface area contributed by atoms with Gasteiger partial charge in [-0.15, -0.1) is 0 Å². The molecule has 5 N–H and O–H groups in total. The maximum absolute atomic E-state index is 11.7. The standard InChI is InChI=1S/C33H45N5O6.H3N/c1-6-42-28(39)10-7-20-13-23(14-20)34-18-22-15-26(30-29(22)43-33(2,3)44-30)38-12-11-25-31(36-19-37-32(25)38)35-17-21-8-9-24(40-4)16-27(21)41-5;/h8-9,11-12,16,19-20,22-23,26,29-30,34H,6-7,10,13-15,17-18H2,1-5H3,(H,35,36,37);1H3/t20?,22-,23?,26-,29-,30+;/m1./s1. The summed E-state index contributed by atoms with van der Waals surface area (Å²) in [7, 11) is 3.30. The fraction of sp³-hybridized carbons (Fsp3) is 0.606. The molecule has 3 aliphatic rings. The molecule has 2 aliphatic carbocycles. The number of fused-ring (bicyclic) bond motifs is 2. The Morgan fingerprint density at radius 1 is 1.09 bits per heavy atom. The minimum atomic E-state index is -0.636. The van der Waals surface area contributed by atoms with Crippen molar-refractivity contribution in [2.24, 2.45) is 11.8 Å². The molecule has 0 bridgehead atoms. The summed E-state index contributed by atoms with van der Waals surface area (Å²) in [4.78, 5) is 21.0. The van der Waals surface area contributed by atoms with E-state index in [0.29, 0.717) is 37.5 Å². The average Bonchev–Trinajstić information content (AvgIpc) is 3.66.